The summed E-state index contributed by atoms with van der Waals surface area (Å²) in [6, 6.07) is 0. The molecular weight excluding hydrogens is 223 g/mol. The van der Waals surface area contributed by atoms with Gasteiger partial charge in [-0.2, -0.15) is 0 Å². The molecule has 0 amide bonds. The Labute approximate surface area is 81.0 Å². The van der Waals surface area contributed by atoms with E-state index in [1.165, 1.54) is 0 Å². The average Bonchev–Trinajstić information content (AvgIpc) is 2.64. The van der Waals surface area contributed by atoms with Gasteiger partial charge in [0.05, 0.1) is 0 Å². The van der Waals surface area contributed by atoms with Crippen molar-refractivity contribution in [2.75, 3.05) is 6.26 Å². The van der Waals surface area contributed by atoms with E-state index in [9.17, 15) is 13.2 Å². The average molecular weight is 231 g/mol. The first-order valence-corrected chi connectivity index (χ1v) is 6.03. The van der Waals surface area contributed by atoms with E-state index in [-0.39, 0.29) is 5.92 Å². The largest absolute Gasteiger partial charge is 0.295 e. The fourth-order valence-electron chi connectivity index (χ4n) is 0.766. The van der Waals surface area contributed by atoms with Crippen molar-refractivity contribution in [2.45, 2.75) is 16.5 Å². The highest BCUT2D eigenvalue weighted by Crippen LogP contribution is 2.40. The minimum Gasteiger partial charge on any atom is -0.295 e. The van der Waals surface area contributed by atoms with Crippen LogP contribution in [0.1, 0.15) is 12.8 Å². The van der Waals surface area contributed by atoms with Crippen LogP contribution in [0.3, 0.4) is 0 Å². The van der Waals surface area contributed by atoms with Crippen molar-refractivity contribution < 1.29 is 13.2 Å². The Morgan fingerprint density at radius 1 is 1.42 bits per heavy atom. The lowest BCUT2D eigenvalue weighted by Gasteiger charge is -2.14. The smallest absolute Gasteiger partial charge is 0.275 e. The molecule has 70 valence electrons. The van der Waals surface area contributed by atoms with Crippen LogP contribution in [-0.2, 0) is 14.6 Å². The van der Waals surface area contributed by atoms with Crippen LogP contribution in [0.25, 0.3) is 0 Å². The highest BCUT2D eigenvalue weighted by molar-refractivity contribution is 7.95. The van der Waals surface area contributed by atoms with Gasteiger partial charge in [-0.05, 0) is 12.8 Å². The summed E-state index contributed by atoms with van der Waals surface area (Å²) in [6.45, 7) is 0. The highest BCUT2D eigenvalue weighted by Gasteiger charge is 2.50. The Balaban J connectivity index is 2.91. The molecule has 0 atom stereocenters. The predicted octanol–water partition coefficient (Wildman–Crippen LogP) is 1.14. The zero-order valence-electron chi connectivity index (χ0n) is 6.38. The number of carbonyl (C=O) groups is 1. The Morgan fingerprint density at radius 2 is 1.83 bits per heavy atom. The quantitative estimate of drug-likeness (QED) is 0.684. The number of hydrogen-bond acceptors (Lipinski definition) is 3. The predicted molar refractivity (Wildman–Crippen MR) is 47.0 cm³/mol. The fraction of sp³-hybridized carbons (Fsp3) is 0.833. The monoisotopic (exact) mass is 230 g/mol. The van der Waals surface area contributed by atoms with E-state index < -0.39 is 19.3 Å². The Bertz CT molecular complexity index is 303. The lowest BCUT2D eigenvalue weighted by Crippen LogP contribution is -2.35. The molecule has 0 aromatic rings. The maximum absolute atomic E-state index is 11.2. The van der Waals surface area contributed by atoms with Crippen LogP contribution >= 0.6 is 23.2 Å². The van der Waals surface area contributed by atoms with E-state index in [4.69, 9.17) is 23.2 Å². The standard InChI is InChI=1S/C6H8Cl2O3S/c1-12(10,11)6(7,8)5(9)4-2-3-4/h4H,2-3H2,1H3. The summed E-state index contributed by atoms with van der Waals surface area (Å²) in [6.07, 6.45) is 2.23. The molecule has 0 bridgehead atoms. The molecule has 1 saturated carbocycles. The summed E-state index contributed by atoms with van der Waals surface area (Å²) in [5.74, 6) is -0.844. The molecule has 0 saturated heterocycles. The lowest BCUT2D eigenvalue weighted by molar-refractivity contribution is -0.119. The molecule has 1 fully saturated rings. The van der Waals surface area contributed by atoms with Crippen LogP contribution in [-0.4, -0.2) is 24.1 Å². The summed E-state index contributed by atoms with van der Waals surface area (Å²) < 4.78 is 19.6. The van der Waals surface area contributed by atoms with E-state index in [2.05, 4.69) is 0 Å². The Kier molecular flexibility index (Phi) is 2.45. The van der Waals surface area contributed by atoms with Crippen molar-refractivity contribution in [3.63, 3.8) is 0 Å². The second-order valence-corrected chi connectivity index (χ2v) is 6.86. The second-order valence-electron chi connectivity index (χ2n) is 2.93. The number of carbonyl (C=O) groups excluding carboxylic acids is 1. The zero-order chi connectivity index (χ0) is 9.57. The first kappa shape index (κ1) is 10.3. The van der Waals surface area contributed by atoms with E-state index >= 15 is 0 Å². The highest BCUT2D eigenvalue weighted by atomic mass is 35.5. The number of Topliss-reactive ketones (excluding diaryl/α,β-unsaturated/α-hetero) is 1. The van der Waals surface area contributed by atoms with Crippen molar-refractivity contribution >= 4 is 38.8 Å². The lowest BCUT2D eigenvalue weighted by atomic mass is 10.3. The first-order chi connectivity index (χ1) is 5.27. The number of alkyl halides is 2. The fourth-order valence-corrected chi connectivity index (χ4v) is 1.61. The molecule has 0 unspecified atom stereocenters. The molecule has 1 aliphatic carbocycles. The second kappa shape index (κ2) is 2.86. The van der Waals surface area contributed by atoms with Crippen LogP contribution in [0, 0.1) is 5.92 Å². The van der Waals surface area contributed by atoms with Gasteiger partial charge in [0, 0.05) is 12.2 Å². The number of sulfone groups is 1. The minimum atomic E-state index is -3.73. The maximum Gasteiger partial charge on any atom is 0.275 e. The molecule has 1 aliphatic rings. The van der Waals surface area contributed by atoms with Gasteiger partial charge in [-0.3, -0.25) is 4.79 Å². The van der Waals surface area contributed by atoms with Gasteiger partial charge >= 0.3 is 0 Å². The van der Waals surface area contributed by atoms with E-state index in [1.807, 2.05) is 0 Å². The Morgan fingerprint density at radius 3 is 2.08 bits per heavy atom. The number of halogens is 2. The van der Waals surface area contributed by atoms with Crippen molar-refractivity contribution in [1.82, 2.24) is 0 Å². The van der Waals surface area contributed by atoms with Gasteiger partial charge in [0.2, 0.25) is 0 Å². The molecule has 0 spiro atoms. The van der Waals surface area contributed by atoms with Gasteiger partial charge in [-0.25, -0.2) is 8.42 Å². The molecule has 0 radical (unpaired) electrons. The zero-order valence-corrected chi connectivity index (χ0v) is 8.71. The van der Waals surface area contributed by atoms with Gasteiger partial charge in [0.1, 0.15) is 0 Å². The molecule has 0 aliphatic heterocycles. The molecule has 6 heteroatoms. The molecule has 1 rings (SSSR count). The van der Waals surface area contributed by atoms with Crippen LogP contribution in [0.2, 0.25) is 0 Å². The van der Waals surface area contributed by atoms with Gasteiger partial charge in [0.15, 0.2) is 15.6 Å². The molecular formula is C6H8Cl2O3S. The topological polar surface area (TPSA) is 51.2 Å². The molecule has 12 heavy (non-hydrogen) atoms. The molecule has 0 N–H and O–H groups in total. The molecule has 0 aromatic heterocycles. The van der Waals surface area contributed by atoms with E-state index in [0.29, 0.717) is 12.8 Å². The van der Waals surface area contributed by atoms with Crippen LogP contribution in [0.15, 0.2) is 0 Å². The summed E-state index contributed by atoms with van der Waals surface area (Å²) in [5, 5.41) is 0. The van der Waals surface area contributed by atoms with E-state index in [1.54, 1.807) is 0 Å². The maximum atomic E-state index is 11.2. The Hall–Kier alpha value is 0.200. The number of ketones is 1. The number of hydrogen-bond donors (Lipinski definition) is 0. The van der Waals surface area contributed by atoms with Crippen LogP contribution < -0.4 is 0 Å². The van der Waals surface area contributed by atoms with Crippen molar-refractivity contribution in [2.24, 2.45) is 5.92 Å². The minimum absolute atomic E-state index is 0.255. The molecule has 0 aromatic carbocycles. The van der Waals surface area contributed by atoms with Crippen LogP contribution in [0.4, 0.5) is 0 Å². The summed E-state index contributed by atoms with van der Waals surface area (Å²) >= 11 is 10.9. The van der Waals surface area contributed by atoms with E-state index in [0.717, 1.165) is 6.26 Å². The SMILES string of the molecule is CS(=O)(=O)C(Cl)(Cl)C(=O)C1CC1. The normalized spacial score (nSPS) is 19.2. The van der Waals surface area contributed by atoms with Gasteiger partial charge in [0.25, 0.3) is 3.67 Å². The van der Waals surface area contributed by atoms with Crippen molar-refractivity contribution in [3.05, 3.63) is 0 Å². The van der Waals surface area contributed by atoms with Crippen molar-refractivity contribution in [1.29, 1.82) is 0 Å². The molecule has 0 heterocycles. The summed E-state index contributed by atoms with van der Waals surface area (Å²) in [5.41, 5.74) is 0. The third kappa shape index (κ3) is 1.75. The van der Waals surface area contributed by atoms with Gasteiger partial charge < -0.3 is 0 Å². The van der Waals surface area contributed by atoms with Crippen molar-refractivity contribution in [3.8, 4) is 0 Å². The third-order valence-electron chi connectivity index (χ3n) is 1.70. The summed E-state index contributed by atoms with van der Waals surface area (Å²) in [7, 11) is -3.73. The van der Waals surface area contributed by atoms with Gasteiger partial charge in [-0.15, -0.1) is 0 Å². The van der Waals surface area contributed by atoms with Crippen LogP contribution in [0.5, 0.6) is 0 Å². The first-order valence-electron chi connectivity index (χ1n) is 3.38. The number of rotatable bonds is 3. The summed E-state index contributed by atoms with van der Waals surface area (Å²) in [4.78, 5) is 11.2. The molecule has 3 nitrogen and oxygen atoms in total. The van der Waals surface area contributed by atoms with Gasteiger partial charge in [-0.1, -0.05) is 23.2 Å². The third-order valence-corrected chi connectivity index (χ3v) is 4.89.